The molecule has 4 nitrogen and oxygen atoms in total. The molecule has 0 fully saturated rings. The number of benzene rings is 1. The van der Waals surface area contributed by atoms with Crippen molar-refractivity contribution >= 4 is 5.69 Å². The van der Waals surface area contributed by atoms with Gasteiger partial charge in [0.15, 0.2) is 0 Å². The Morgan fingerprint density at radius 1 is 1.29 bits per heavy atom. The molecule has 4 heteroatoms. The number of methoxy groups -OCH3 is 1. The molecule has 1 heterocycles. The smallest absolute Gasteiger partial charge is 0.124 e. The molecule has 0 aromatic heterocycles. The first-order chi connectivity index (χ1) is 10.1. The topological polar surface area (TPSA) is 41.9 Å². The lowest BCUT2D eigenvalue weighted by Crippen LogP contribution is -2.36. The van der Waals surface area contributed by atoms with E-state index in [2.05, 4.69) is 11.0 Å². The van der Waals surface area contributed by atoms with Gasteiger partial charge in [0, 0.05) is 24.3 Å². The molecule has 1 aliphatic heterocycles. The van der Waals surface area contributed by atoms with Gasteiger partial charge >= 0.3 is 0 Å². The number of hydrogen-bond acceptors (Lipinski definition) is 4. The van der Waals surface area contributed by atoms with Crippen LogP contribution in [0.3, 0.4) is 0 Å². The summed E-state index contributed by atoms with van der Waals surface area (Å²) in [5.74, 6) is 0.951. The molecule has 0 saturated carbocycles. The van der Waals surface area contributed by atoms with Crippen molar-refractivity contribution in [2.45, 2.75) is 45.3 Å². The van der Waals surface area contributed by atoms with E-state index in [1.54, 1.807) is 7.11 Å². The van der Waals surface area contributed by atoms with Gasteiger partial charge in [0.2, 0.25) is 0 Å². The Morgan fingerprint density at radius 3 is 2.81 bits per heavy atom. The summed E-state index contributed by atoms with van der Waals surface area (Å²) in [7, 11) is 1.72. The van der Waals surface area contributed by atoms with Crippen LogP contribution in [0, 0.1) is 0 Å². The largest absolute Gasteiger partial charge is 0.496 e. The highest BCUT2D eigenvalue weighted by Crippen LogP contribution is 2.33. The van der Waals surface area contributed by atoms with Crippen LogP contribution >= 0.6 is 0 Å². The Morgan fingerprint density at radius 2 is 2.10 bits per heavy atom. The summed E-state index contributed by atoms with van der Waals surface area (Å²) in [5.41, 5.74) is 2.45. The summed E-state index contributed by atoms with van der Waals surface area (Å²) >= 11 is 0. The van der Waals surface area contributed by atoms with E-state index in [4.69, 9.17) is 9.47 Å². The van der Waals surface area contributed by atoms with Crippen molar-refractivity contribution in [2.75, 3.05) is 31.7 Å². The molecule has 0 saturated heterocycles. The standard InChI is InChI=1S/C17H27NO3/c1-13(2)21-12-14(19)11-18-10-5-4-7-15-16(18)8-6-9-17(15)20-3/h6,8-9,13-14,19H,4-5,7,10-12H2,1-3H3. The third-order valence-electron chi connectivity index (χ3n) is 3.83. The Kier molecular flexibility index (Phi) is 5.88. The van der Waals surface area contributed by atoms with Crippen molar-refractivity contribution in [3.8, 4) is 5.75 Å². The second kappa shape index (κ2) is 7.66. The predicted molar refractivity (Wildman–Crippen MR) is 85.2 cm³/mol. The lowest BCUT2D eigenvalue weighted by molar-refractivity contribution is 0.00890. The zero-order valence-corrected chi connectivity index (χ0v) is 13.3. The summed E-state index contributed by atoms with van der Waals surface area (Å²) in [4.78, 5) is 2.26. The quantitative estimate of drug-likeness (QED) is 0.875. The summed E-state index contributed by atoms with van der Waals surface area (Å²) in [6.07, 6.45) is 3.01. The maximum absolute atomic E-state index is 10.2. The van der Waals surface area contributed by atoms with E-state index in [1.807, 2.05) is 26.0 Å². The van der Waals surface area contributed by atoms with Gasteiger partial charge in [-0.1, -0.05) is 6.07 Å². The highest BCUT2D eigenvalue weighted by atomic mass is 16.5. The molecule has 1 aromatic carbocycles. The van der Waals surface area contributed by atoms with Gasteiger partial charge in [-0.25, -0.2) is 0 Å². The first kappa shape index (κ1) is 16.1. The zero-order chi connectivity index (χ0) is 15.2. The van der Waals surface area contributed by atoms with Crippen molar-refractivity contribution in [3.05, 3.63) is 23.8 Å². The third kappa shape index (κ3) is 4.35. The van der Waals surface area contributed by atoms with Gasteiger partial charge in [-0.3, -0.25) is 0 Å². The molecule has 1 atom stereocenters. The van der Waals surface area contributed by atoms with Gasteiger partial charge in [-0.2, -0.15) is 0 Å². The molecule has 118 valence electrons. The van der Waals surface area contributed by atoms with Gasteiger partial charge < -0.3 is 19.5 Å². The van der Waals surface area contributed by atoms with E-state index in [1.165, 1.54) is 11.3 Å². The fourth-order valence-electron chi connectivity index (χ4n) is 2.82. The van der Waals surface area contributed by atoms with Gasteiger partial charge in [0.1, 0.15) is 5.75 Å². The zero-order valence-electron chi connectivity index (χ0n) is 13.3. The molecule has 1 N–H and O–H groups in total. The minimum Gasteiger partial charge on any atom is -0.496 e. The number of fused-ring (bicyclic) bond motifs is 1. The maximum atomic E-state index is 10.2. The van der Waals surface area contributed by atoms with E-state index in [0.29, 0.717) is 13.2 Å². The maximum Gasteiger partial charge on any atom is 0.124 e. The fourth-order valence-corrected chi connectivity index (χ4v) is 2.82. The molecule has 1 aromatic rings. The number of ether oxygens (including phenoxy) is 2. The number of rotatable bonds is 6. The van der Waals surface area contributed by atoms with Gasteiger partial charge in [-0.05, 0) is 45.2 Å². The normalized spacial score (nSPS) is 16.5. The van der Waals surface area contributed by atoms with Crippen LogP contribution in [0.5, 0.6) is 5.75 Å². The molecule has 21 heavy (non-hydrogen) atoms. The van der Waals surface area contributed by atoms with Crippen LogP contribution in [-0.4, -0.2) is 44.1 Å². The highest BCUT2D eigenvalue weighted by Gasteiger charge is 2.20. The predicted octanol–water partition coefficient (Wildman–Crippen LogP) is 2.62. The van der Waals surface area contributed by atoms with Crippen LogP contribution in [0.1, 0.15) is 32.3 Å². The average molecular weight is 293 g/mol. The molecule has 1 aliphatic rings. The number of hydrogen-bond donors (Lipinski definition) is 1. The fraction of sp³-hybridized carbons (Fsp3) is 0.647. The number of aliphatic hydroxyl groups excluding tert-OH is 1. The molecule has 1 unspecified atom stereocenters. The lowest BCUT2D eigenvalue weighted by atomic mass is 10.1. The van der Waals surface area contributed by atoms with Crippen molar-refractivity contribution in [2.24, 2.45) is 0 Å². The number of anilines is 1. The Balaban J connectivity index is 2.10. The van der Waals surface area contributed by atoms with Crippen molar-refractivity contribution < 1.29 is 14.6 Å². The van der Waals surface area contributed by atoms with E-state index >= 15 is 0 Å². The van der Waals surface area contributed by atoms with Crippen LogP contribution in [0.4, 0.5) is 5.69 Å². The molecular weight excluding hydrogens is 266 g/mol. The molecular formula is C17H27NO3. The number of nitrogens with zero attached hydrogens (tertiary/aromatic N) is 1. The summed E-state index contributed by atoms with van der Waals surface area (Å²) in [6, 6.07) is 6.16. The van der Waals surface area contributed by atoms with Crippen LogP contribution in [-0.2, 0) is 11.2 Å². The van der Waals surface area contributed by atoms with Crippen LogP contribution in [0.15, 0.2) is 18.2 Å². The summed E-state index contributed by atoms with van der Waals surface area (Å²) in [6.45, 7) is 5.93. The van der Waals surface area contributed by atoms with Crippen LogP contribution in [0.25, 0.3) is 0 Å². The summed E-state index contributed by atoms with van der Waals surface area (Å²) in [5, 5.41) is 10.2. The van der Waals surface area contributed by atoms with Crippen LogP contribution < -0.4 is 9.64 Å². The summed E-state index contributed by atoms with van der Waals surface area (Å²) < 4.78 is 11.0. The molecule has 2 rings (SSSR count). The van der Waals surface area contributed by atoms with Gasteiger partial charge in [0.05, 0.1) is 25.9 Å². The van der Waals surface area contributed by atoms with E-state index in [0.717, 1.165) is 31.6 Å². The van der Waals surface area contributed by atoms with Crippen molar-refractivity contribution in [3.63, 3.8) is 0 Å². The SMILES string of the molecule is COc1cccc2c1CCCCN2CC(O)COC(C)C. The molecule has 0 aliphatic carbocycles. The van der Waals surface area contributed by atoms with E-state index in [-0.39, 0.29) is 6.10 Å². The number of β-amino-alcohol motifs (C(OH)–C–C–N with tert-alkyl or cyclic N) is 1. The third-order valence-corrected chi connectivity index (χ3v) is 3.83. The van der Waals surface area contributed by atoms with E-state index in [9.17, 15) is 5.11 Å². The monoisotopic (exact) mass is 293 g/mol. The molecule has 0 radical (unpaired) electrons. The van der Waals surface area contributed by atoms with Gasteiger partial charge in [0.25, 0.3) is 0 Å². The second-order valence-corrected chi connectivity index (χ2v) is 5.90. The highest BCUT2D eigenvalue weighted by molar-refractivity contribution is 5.60. The Bertz CT molecular complexity index is 448. The second-order valence-electron chi connectivity index (χ2n) is 5.90. The Hall–Kier alpha value is -1.26. The Labute approximate surface area is 127 Å². The average Bonchev–Trinajstić information content (AvgIpc) is 2.67. The van der Waals surface area contributed by atoms with Gasteiger partial charge in [-0.15, -0.1) is 0 Å². The van der Waals surface area contributed by atoms with Crippen molar-refractivity contribution in [1.82, 2.24) is 0 Å². The molecule has 0 spiro atoms. The van der Waals surface area contributed by atoms with Crippen molar-refractivity contribution in [1.29, 1.82) is 0 Å². The minimum absolute atomic E-state index is 0.149. The van der Waals surface area contributed by atoms with Crippen LogP contribution in [0.2, 0.25) is 0 Å². The first-order valence-corrected chi connectivity index (χ1v) is 7.82. The minimum atomic E-state index is -0.468. The first-order valence-electron chi connectivity index (χ1n) is 7.82. The molecule has 0 bridgehead atoms. The molecule has 0 amide bonds. The van der Waals surface area contributed by atoms with E-state index < -0.39 is 6.10 Å². The number of aliphatic hydroxyl groups is 1. The lowest BCUT2D eigenvalue weighted by Gasteiger charge is -2.28.